The van der Waals surface area contributed by atoms with Crippen LogP contribution < -0.4 is 19.6 Å². The van der Waals surface area contributed by atoms with Crippen molar-refractivity contribution in [1.82, 2.24) is 9.13 Å². The van der Waals surface area contributed by atoms with Gasteiger partial charge in [-0.1, -0.05) is 53.8 Å². The number of nitrogens with zero attached hydrogens (tertiary/aromatic N) is 3. The molecule has 5 rings (SSSR count). The van der Waals surface area contributed by atoms with Crippen LogP contribution in [-0.4, -0.2) is 28.8 Å². The van der Waals surface area contributed by atoms with E-state index in [4.69, 9.17) is 14.5 Å². The lowest BCUT2D eigenvalue weighted by molar-refractivity contribution is -0.138. The second kappa shape index (κ2) is 10.3. The summed E-state index contributed by atoms with van der Waals surface area (Å²) in [7, 11) is 3.59. The molecule has 0 fully saturated rings. The number of aromatic nitrogens is 2. The molecule has 0 saturated heterocycles. The molecular weight excluding hydrogens is 498 g/mol. The first-order valence-electron chi connectivity index (χ1n) is 12.4. The minimum atomic E-state index is -0.739. The zero-order valence-corrected chi connectivity index (χ0v) is 22.8. The highest BCUT2D eigenvalue weighted by molar-refractivity contribution is 7.07. The number of fused-ring (bicyclic) bond motifs is 1. The molecule has 2 aromatic heterocycles. The van der Waals surface area contributed by atoms with E-state index in [-0.39, 0.29) is 12.2 Å². The molecule has 0 radical (unpaired) electrons. The van der Waals surface area contributed by atoms with Gasteiger partial charge in [0.2, 0.25) is 0 Å². The molecule has 8 heteroatoms. The molecule has 0 saturated carbocycles. The van der Waals surface area contributed by atoms with Crippen molar-refractivity contribution in [3.63, 3.8) is 0 Å². The van der Waals surface area contributed by atoms with Crippen molar-refractivity contribution in [1.29, 1.82) is 0 Å². The van der Waals surface area contributed by atoms with Crippen molar-refractivity contribution in [3.05, 3.63) is 114 Å². The van der Waals surface area contributed by atoms with Crippen molar-refractivity contribution in [2.75, 3.05) is 13.7 Å². The molecule has 0 spiro atoms. The SMILES string of the molecule is CCOC(=O)C1=C(c2ccccc2)N=c2s/c(=C/c3cc(C)n(C)c3C)c(=O)n2[C@@H]1c1cccc(OC)c1. The average Bonchev–Trinajstić information content (AvgIpc) is 3.37. The number of rotatable bonds is 6. The fourth-order valence-corrected chi connectivity index (χ4v) is 5.73. The predicted molar refractivity (Wildman–Crippen MR) is 149 cm³/mol. The van der Waals surface area contributed by atoms with E-state index in [2.05, 4.69) is 10.6 Å². The second-order valence-corrected chi connectivity index (χ2v) is 10.1. The van der Waals surface area contributed by atoms with Gasteiger partial charge >= 0.3 is 5.97 Å². The summed E-state index contributed by atoms with van der Waals surface area (Å²) in [6.45, 7) is 6.03. The number of benzene rings is 2. The number of hydrogen-bond donors (Lipinski definition) is 0. The Morgan fingerprint density at radius 1 is 1.11 bits per heavy atom. The van der Waals surface area contributed by atoms with Crippen LogP contribution in [-0.2, 0) is 16.6 Å². The Morgan fingerprint density at radius 2 is 1.87 bits per heavy atom. The number of ether oxygens (including phenoxy) is 2. The topological polar surface area (TPSA) is 74.8 Å². The zero-order valence-electron chi connectivity index (χ0n) is 22.0. The number of hydrogen-bond acceptors (Lipinski definition) is 6. The summed E-state index contributed by atoms with van der Waals surface area (Å²) < 4.78 is 15.2. The molecule has 1 atom stereocenters. The van der Waals surface area contributed by atoms with E-state index in [1.54, 1.807) is 18.6 Å². The highest BCUT2D eigenvalue weighted by Crippen LogP contribution is 2.36. The van der Waals surface area contributed by atoms with E-state index in [0.29, 0.717) is 26.4 Å². The van der Waals surface area contributed by atoms with Crippen molar-refractivity contribution >= 4 is 29.1 Å². The Bertz CT molecular complexity index is 1740. The van der Waals surface area contributed by atoms with Crippen LogP contribution in [0.4, 0.5) is 0 Å². The van der Waals surface area contributed by atoms with E-state index >= 15 is 0 Å². The minimum Gasteiger partial charge on any atom is -0.497 e. The first kappa shape index (κ1) is 25.5. The molecule has 0 unspecified atom stereocenters. The first-order chi connectivity index (χ1) is 18.3. The standard InChI is InChI=1S/C30H29N3O4S/c1-6-37-29(35)25-26(20-11-8-7-9-12-20)31-30-33(27(25)21-13-10-14-23(16-21)36-5)28(34)24(38-30)17-22-15-18(2)32(4)19(22)3/h7-17,27H,6H2,1-5H3/b24-17+/t27-/m1/s1. The molecule has 194 valence electrons. The number of carbonyl (C=O) groups is 1. The van der Waals surface area contributed by atoms with Crippen LogP contribution in [0.15, 0.2) is 76.0 Å². The Balaban J connectivity index is 1.85. The van der Waals surface area contributed by atoms with Gasteiger partial charge in [0.1, 0.15) is 5.75 Å². The van der Waals surface area contributed by atoms with Gasteiger partial charge in [-0.05, 0) is 56.2 Å². The third-order valence-corrected chi connectivity index (χ3v) is 7.87. The van der Waals surface area contributed by atoms with E-state index in [1.807, 2.05) is 81.6 Å². The van der Waals surface area contributed by atoms with Gasteiger partial charge in [-0.2, -0.15) is 0 Å². The normalized spacial score (nSPS) is 15.3. The molecule has 0 N–H and O–H groups in total. The lowest BCUT2D eigenvalue weighted by Crippen LogP contribution is -2.40. The number of thiazole rings is 1. The van der Waals surface area contributed by atoms with E-state index in [0.717, 1.165) is 28.1 Å². The fourth-order valence-electron chi connectivity index (χ4n) is 4.74. The maximum Gasteiger partial charge on any atom is 0.338 e. The van der Waals surface area contributed by atoms with Crippen LogP contribution in [0.2, 0.25) is 0 Å². The molecule has 4 aromatic rings. The van der Waals surface area contributed by atoms with Gasteiger partial charge in [0.05, 0.1) is 35.6 Å². The Labute approximate surface area is 224 Å². The third-order valence-electron chi connectivity index (χ3n) is 6.88. The van der Waals surface area contributed by atoms with Crippen molar-refractivity contribution in [2.24, 2.45) is 12.0 Å². The molecule has 7 nitrogen and oxygen atoms in total. The van der Waals surface area contributed by atoms with E-state index in [1.165, 1.54) is 11.3 Å². The summed E-state index contributed by atoms with van der Waals surface area (Å²) in [4.78, 5) is 32.9. The predicted octanol–water partition coefficient (Wildman–Crippen LogP) is 3.90. The average molecular weight is 528 g/mol. The quantitative estimate of drug-likeness (QED) is 0.357. The molecule has 38 heavy (non-hydrogen) atoms. The van der Waals surface area contributed by atoms with Crippen LogP contribution in [0.3, 0.4) is 0 Å². The lowest BCUT2D eigenvalue weighted by atomic mass is 9.93. The number of methoxy groups -OCH3 is 1. The molecular formula is C30H29N3O4S. The molecule has 0 aliphatic carbocycles. The number of carbonyl (C=O) groups excluding carboxylic acids is 1. The van der Waals surface area contributed by atoms with Crippen LogP contribution in [0, 0.1) is 13.8 Å². The Hall–Kier alpha value is -4.17. The first-order valence-corrected chi connectivity index (χ1v) is 13.2. The summed E-state index contributed by atoms with van der Waals surface area (Å²) in [6, 6.07) is 18.3. The molecule has 1 aliphatic heterocycles. The lowest BCUT2D eigenvalue weighted by Gasteiger charge is -2.26. The largest absolute Gasteiger partial charge is 0.497 e. The Kier molecular flexibility index (Phi) is 6.91. The van der Waals surface area contributed by atoms with Crippen LogP contribution in [0.1, 0.15) is 41.0 Å². The highest BCUT2D eigenvalue weighted by Gasteiger charge is 2.35. The molecule has 0 bridgehead atoms. The molecule has 2 aromatic carbocycles. The molecule has 3 heterocycles. The van der Waals surface area contributed by atoms with Crippen molar-refractivity contribution in [2.45, 2.75) is 26.8 Å². The third kappa shape index (κ3) is 4.41. The van der Waals surface area contributed by atoms with Crippen LogP contribution in [0.25, 0.3) is 11.8 Å². The number of esters is 1. The van der Waals surface area contributed by atoms with Gasteiger partial charge in [-0.25, -0.2) is 9.79 Å². The van der Waals surface area contributed by atoms with Crippen LogP contribution >= 0.6 is 11.3 Å². The number of aryl methyl sites for hydroxylation is 1. The zero-order chi connectivity index (χ0) is 27.0. The van der Waals surface area contributed by atoms with Gasteiger partial charge in [0.25, 0.3) is 5.56 Å². The Morgan fingerprint density at radius 3 is 2.53 bits per heavy atom. The van der Waals surface area contributed by atoms with Gasteiger partial charge < -0.3 is 14.0 Å². The van der Waals surface area contributed by atoms with Crippen LogP contribution in [0.5, 0.6) is 5.75 Å². The summed E-state index contributed by atoms with van der Waals surface area (Å²) >= 11 is 1.32. The summed E-state index contributed by atoms with van der Waals surface area (Å²) in [5.41, 5.74) is 5.25. The van der Waals surface area contributed by atoms with E-state index < -0.39 is 12.0 Å². The highest BCUT2D eigenvalue weighted by atomic mass is 32.1. The van der Waals surface area contributed by atoms with Gasteiger partial charge in [0.15, 0.2) is 4.80 Å². The maximum atomic E-state index is 14.0. The maximum absolute atomic E-state index is 14.0. The summed E-state index contributed by atoms with van der Waals surface area (Å²) in [5, 5.41) is 0. The van der Waals surface area contributed by atoms with E-state index in [9.17, 15) is 9.59 Å². The summed E-state index contributed by atoms with van der Waals surface area (Å²) in [5.74, 6) is 0.119. The second-order valence-electron chi connectivity index (χ2n) is 9.09. The molecule has 0 amide bonds. The van der Waals surface area contributed by atoms with Gasteiger partial charge in [-0.15, -0.1) is 0 Å². The van der Waals surface area contributed by atoms with Gasteiger partial charge in [0, 0.05) is 24.0 Å². The minimum absolute atomic E-state index is 0.201. The fraction of sp³-hybridized carbons (Fsp3) is 0.233. The van der Waals surface area contributed by atoms with Gasteiger partial charge in [-0.3, -0.25) is 9.36 Å². The smallest absolute Gasteiger partial charge is 0.338 e. The van der Waals surface area contributed by atoms with Crippen molar-refractivity contribution in [3.8, 4) is 5.75 Å². The monoisotopic (exact) mass is 527 g/mol. The molecule has 1 aliphatic rings. The van der Waals surface area contributed by atoms with Crippen molar-refractivity contribution < 1.29 is 14.3 Å². The summed E-state index contributed by atoms with van der Waals surface area (Å²) in [6.07, 6.45) is 1.91.